The summed E-state index contributed by atoms with van der Waals surface area (Å²) in [7, 11) is 0. The van der Waals surface area contributed by atoms with E-state index in [0.29, 0.717) is 11.1 Å². The second-order valence-corrected chi connectivity index (χ2v) is 3.75. The van der Waals surface area contributed by atoms with Crippen molar-refractivity contribution in [3.63, 3.8) is 0 Å². The van der Waals surface area contributed by atoms with E-state index in [1.807, 2.05) is 0 Å². The lowest BCUT2D eigenvalue weighted by Crippen LogP contribution is -1.87. The molecule has 6 heteroatoms. The number of nitrogens with two attached hydrogens (primary N) is 1. The van der Waals surface area contributed by atoms with E-state index in [1.165, 1.54) is 12.3 Å². The maximum absolute atomic E-state index is 13.2. The molecule has 0 bridgehead atoms. The molecule has 4 nitrogen and oxygen atoms in total. The Kier molecular flexibility index (Phi) is 2.36. The molecule has 0 aliphatic heterocycles. The summed E-state index contributed by atoms with van der Waals surface area (Å²) in [6.45, 7) is 0. The number of benzene rings is 1. The second-order valence-electron chi connectivity index (χ2n) is 2.89. The Bertz CT molecular complexity index is 490. The Morgan fingerprint density at radius 2 is 2.20 bits per heavy atom. The van der Waals surface area contributed by atoms with Crippen LogP contribution in [-0.2, 0) is 0 Å². The van der Waals surface area contributed by atoms with Gasteiger partial charge in [0.05, 0.1) is 16.2 Å². The Labute approximate surface area is 92.6 Å². The molecule has 78 valence electrons. The smallest absolute Gasteiger partial charge is 0.229 e. The summed E-state index contributed by atoms with van der Waals surface area (Å²) in [6.07, 6.45) is 1.38. The lowest BCUT2D eigenvalue weighted by molar-refractivity contribution is 0.429. The van der Waals surface area contributed by atoms with E-state index in [4.69, 9.17) is 5.73 Å². The molecule has 0 aliphatic rings. The van der Waals surface area contributed by atoms with Crippen molar-refractivity contribution in [2.75, 3.05) is 5.73 Å². The van der Waals surface area contributed by atoms with Crippen molar-refractivity contribution in [2.24, 2.45) is 0 Å². The minimum absolute atomic E-state index is 0.104. The molecule has 0 unspecified atom stereocenters. The van der Waals surface area contributed by atoms with E-state index in [2.05, 4.69) is 25.6 Å². The van der Waals surface area contributed by atoms with Gasteiger partial charge in [0.2, 0.25) is 5.88 Å². The first kappa shape index (κ1) is 9.97. The average molecular weight is 273 g/mol. The van der Waals surface area contributed by atoms with Gasteiger partial charge in [-0.15, -0.1) is 0 Å². The summed E-state index contributed by atoms with van der Waals surface area (Å²) in [6, 6.07) is 2.68. The molecule has 1 aromatic heterocycles. The second kappa shape index (κ2) is 3.54. The minimum Gasteiger partial charge on any atom is -0.504 e. The zero-order valence-corrected chi connectivity index (χ0v) is 8.95. The van der Waals surface area contributed by atoms with Crippen LogP contribution in [-0.4, -0.2) is 10.3 Å². The van der Waals surface area contributed by atoms with Crippen molar-refractivity contribution < 1.29 is 14.0 Å². The maximum Gasteiger partial charge on any atom is 0.229 e. The SMILES string of the molecule is Nc1oncc1-c1cc(F)c(O)c(Br)c1. The van der Waals surface area contributed by atoms with Gasteiger partial charge in [0.1, 0.15) is 0 Å². The molecule has 2 rings (SSSR count). The van der Waals surface area contributed by atoms with Gasteiger partial charge in [-0.1, -0.05) is 5.16 Å². The van der Waals surface area contributed by atoms with Gasteiger partial charge in [-0.25, -0.2) is 4.39 Å². The third kappa shape index (κ3) is 1.68. The predicted molar refractivity (Wildman–Crippen MR) is 55.7 cm³/mol. The van der Waals surface area contributed by atoms with Crippen LogP contribution in [0.15, 0.2) is 27.3 Å². The molecule has 0 amide bonds. The topological polar surface area (TPSA) is 72.3 Å². The van der Waals surface area contributed by atoms with Crippen LogP contribution in [0, 0.1) is 5.82 Å². The van der Waals surface area contributed by atoms with Gasteiger partial charge in [-0.3, -0.25) is 0 Å². The van der Waals surface area contributed by atoms with Crippen molar-refractivity contribution in [1.29, 1.82) is 0 Å². The highest BCUT2D eigenvalue weighted by Crippen LogP contribution is 2.34. The molecule has 1 heterocycles. The van der Waals surface area contributed by atoms with Crippen molar-refractivity contribution in [3.8, 4) is 16.9 Å². The van der Waals surface area contributed by atoms with Crippen molar-refractivity contribution >= 4 is 21.8 Å². The van der Waals surface area contributed by atoms with Gasteiger partial charge in [-0.2, -0.15) is 0 Å². The number of phenols is 1. The Morgan fingerprint density at radius 1 is 1.47 bits per heavy atom. The highest BCUT2D eigenvalue weighted by Gasteiger charge is 2.12. The largest absolute Gasteiger partial charge is 0.504 e. The van der Waals surface area contributed by atoms with Crippen LogP contribution >= 0.6 is 15.9 Å². The summed E-state index contributed by atoms with van der Waals surface area (Å²) in [5, 5.41) is 12.7. The Morgan fingerprint density at radius 3 is 2.73 bits per heavy atom. The number of halogens is 2. The average Bonchev–Trinajstić information content (AvgIpc) is 2.60. The first-order chi connectivity index (χ1) is 7.09. The number of aromatic nitrogens is 1. The summed E-state index contributed by atoms with van der Waals surface area (Å²) < 4.78 is 18.1. The molecule has 1 aromatic carbocycles. The third-order valence-corrected chi connectivity index (χ3v) is 2.53. The van der Waals surface area contributed by atoms with Crippen LogP contribution in [0.25, 0.3) is 11.1 Å². The number of anilines is 1. The lowest BCUT2D eigenvalue weighted by Gasteiger charge is -2.02. The van der Waals surface area contributed by atoms with E-state index in [-0.39, 0.29) is 10.4 Å². The van der Waals surface area contributed by atoms with Crippen LogP contribution in [0.1, 0.15) is 0 Å². The van der Waals surface area contributed by atoms with Crippen LogP contribution in [0.3, 0.4) is 0 Å². The summed E-state index contributed by atoms with van der Waals surface area (Å²) >= 11 is 3.03. The van der Waals surface area contributed by atoms with Crippen molar-refractivity contribution in [1.82, 2.24) is 5.16 Å². The summed E-state index contributed by atoms with van der Waals surface area (Å²) in [5.74, 6) is -1.07. The van der Waals surface area contributed by atoms with Gasteiger partial charge in [0, 0.05) is 0 Å². The fourth-order valence-corrected chi connectivity index (χ4v) is 1.62. The third-order valence-electron chi connectivity index (χ3n) is 1.93. The number of phenolic OH excluding ortho intramolecular Hbond substituents is 1. The van der Waals surface area contributed by atoms with Crippen LogP contribution in [0.2, 0.25) is 0 Å². The molecule has 0 aliphatic carbocycles. The molecule has 0 radical (unpaired) electrons. The Balaban J connectivity index is 2.60. The standard InChI is InChI=1S/C9H6BrFN2O2/c10-6-1-4(2-7(11)8(6)14)5-3-13-15-9(5)12/h1-3,14H,12H2. The molecular formula is C9H6BrFN2O2. The van der Waals surface area contributed by atoms with Crippen LogP contribution in [0.4, 0.5) is 10.3 Å². The minimum atomic E-state index is -0.736. The van der Waals surface area contributed by atoms with Gasteiger partial charge in [0.25, 0.3) is 0 Å². The van der Waals surface area contributed by atoms with Crippen molar-refractivity contribution in [3.05, 3.63) is 28.6 Å². The highest BCUT2D eigenvalue weighted by atomic mass is 79.9. The van der Waals surface area contributed by atoms with Gasteiger partial charge in [-0.05, 0) is 33.6 Å². The van der Waals surface area contributed by atoms with Gasteiger partial charge < -0.3 is 15.4 Å². The molecule has 15 heavy (non-hydrogen) atoms. The zero-order valence-electron chi connectivity index (χ0n) is 7.37. The zero-order chi connectivity index (χ0) is 11.0. The molecule has 2 aromatic rings. The van der Waals surface area contributed by atoms with Crippen LogP contribution < -0.4 is 5.73 Å². The molecular weight excluding hydrogens is 267 g/mol. The Hall–Kier alpha value is -1.56. The fraction of sp³-hybridized carbons (Fsp3) is 0. The fourth-order valence-electron chi connectivity index (χ4n) is 1.19. The molecule has 0 saturated carbocycles. The molecule has 0 spiro atoms. The maximum atomic E-state index is 13.2. The summed E-state index contributed by atoms with van der Waals surface area (Å²) in [4.78, 5) is 0. The van der Waals surface area contributed by atoms with Crippen LogP contribution in [0.5, 0.6) is 5.75 Å². The van der Waals surface area contributed by atoms with E-state index in [9.17, 15) is 9.50 Å². The van der Waals surface area contributed by atoms with E-state index < -0.39 is 11.6 Å². The number of hydrogen-bond acceptors (Lipinski definition) is 4. The van der Waals surface area contributed by atoms with Crippen molar-refractivity contribution in [2.45, 2.75) is 0 Å². The normalized spacial score (nSPS) is 10.5. The monoisotopic (exact) mass is 272 g/mol. The van der Waals surface area contributed by atoms with Gasteiger partial charge in [0.15, 0.2) is 11.6 Å². The molecule has 0 fully saturated rings. The predicted octanol–water partition coefficient (Wildman–Crippen LogP) is 2.53. The molecule has 3 N–H and O–H groups in total. The number of hydrogen-bond donors (Lipinski definition) is 2. The first-order valence-electron chi connectivity index (χ1n) is 3.98. The van der Waals surface area contributed by atoms with E-state index in [0.717, 1.165) is 6.07 Å². The molecule has 0 atom stereocenters. The summed E-state index contributed by atoms with van der Waals surface area (Å²) in [5.41, 5.74) is 6.44. The number of aromatic hydroxyl groups is 1. The number of rotatable bonds is 1. The number of nitrogen functional groups attached to an aromatic ring is 1. The number of nitrogens with zero attached hydrogens (tertiary/aromatic N) is 1. The molecule has 0 saturated heterocycles. The lowest BCUT2D eigenvalue weighted by atomic mass is 10.1. The highest BCUT2D eigenvalue weighted by molar-refractivity contribution is 9.10. The van der Waals surface area contributed by atoms with E-state index in [1.54, 1.807) is 0 Å². The first-order valence-corrected chi connectivity index (χ1v) is 4.77. The quantitative estimate of drug-likeness (QED) is 0.837. The van der Waals surface area contributed by atoms with E-state index >= 15 is 0 Å². The van der Waals surface area contributed by atoms with Gasteiger partial charge >= 0.3 is 0 Å².